The number of methoxy groups -OCH3 is 1. The SMILES string of the molecule is COc1ccccc1C1CNCCN1C(=O)Cc1cc(C)ccc1C. The molecule has 132 valence electrons. The van der Waals surface area contributed by atoms with Crippen LogP contribution in [0.25, 0.3) is 0 Å². The number of carbonyl (C=O) groups is 1. The zero-order valence-electron chi connectivity index (χ0n) is 15.2. The van der Waals surface area contributed by atoms with Crippen molar-refractivity contribution in [3.63, 3.8) is 0 Å². The minimum absolute atomic E-state index is 0.00233. The Morgan fingerprint density at radius 2 is 2.04 bits per heavy atom. The van der Waals surface area contributed by atoms with E-state index in [1.807, 2.05) is 23.1 Å². The molecule has 0 spiro atoms. The Labute approximate surface area is 149 Å². The Balaban J connectivity index is 1.85. The Bertz CT molecular complexity index is 757. The van der Waals surface area contributed by atoms with Gasteiger partial charge in [-0.2, -0.15) is 0 Å². The maximum Gasteiger partial charge on any atom is 0.227 e. The molecule has 2 aromatic carbocycles. The predicted molar refractivity (Wildman–Crippen MR) is 99.9 cm³/mol. The molecular weight excluding hydrogens is 312 g/mol. The molecule has 0 radical (unpaired) electrons. The second-order valence-corrected chi connectivity index (χ2v) is 6.66. The molecule has 1 heterocycles. The molecule has 4 heteroatoms. The number of para-hydroxylation sites is 1. The molecule has 1 aliphatic heterocycles. The number of hydrogen-bond donors (Lipinski definition) is 1. The average Bonchev–Trinajstić information content (AvgIpc) is 2.64. The Hall–Kier alpha value is -2.33. The molecule has 0 bridgehead atoms. The van der Waals surface area contributed by atoms with E-state index in [2.05, 4.69) is 43.4 Å². The first-order chi connectivity index (χ1) is 12.1. The van der Waals surface area contributed by atoms with Crippen molar-refractivity contribution < 1.29 is 9.53 Å². The van der Waals surface area contributed by atoms with Gasteiger partial charge in [-0.15, -0.1) is 0 Å². The zero-order chi connectivity index (χ0) is 17.8. The second kappa shape index (κ2) is 7.70. The molecule has 0 aromatic heterocycles. The lowest BCUT2D eigenvalue weighted by Crippen LogP contribution is -2.49. The average molecular weight is 338 g/mol. The van der Waals surface area contributed by atoms with Crippen molar-refractivity contribution in [2.75, 3.05) is 26.7 Å². The molecule has 2 aromatic rings. The molecule has 1 fully saturated rings. The van der Waals surface area contributed by atoms with E-state index in [0.717, 1.165) is 30.0 Å². The normalized spacial score (nSPS) is 17.4. The number of piperazine rings is 1. The quantitative estimate of drug-likeness (QED) is 0.932. The van der Waals surface area contributed by atoms with Crippen LogP contribution < -0.4 is 10.1 Å². The van der Waals surface area contributed by atoms with E-state index in [1.54, 1.807) is 7.11 Å². The van der Waals surface area contributed by atoms with Crippen molar-refractivity contribution in [1.82, 2.24) is 10.2 Å². The number of nitrogens with one attached hydrogen (secondary N) is 1. The third kappa shape index (κ3) is 3.85. The van der Waals surface area contributed by atoms with Gasteiger partial charge in [-0.25, -0.2) is 0 Å². The van der Waals surface area contributed by atoms with Gasteiger partial charge in [0.15, 0.2) is 0 Å². The first-order valence-electron chi connectivity index (χ1n) is 8.79. The third-order valence-electron chi connectivity index (χ3n) is 4.91. The lowest BCUT2D eigenvalue weighted by atomic mass is 9.99. The Morgan fingerprint density at radius 1 is 1.24 bits per heavy atom. The van der Waals surface area contributed by atoms with Gasteiger partial charge in [0.05, 0.1) is 19.6 Å². The summed E-state index contributed by atoms with van der Waals surface area (Å²) in [5.74, 6) is 1.01. The monoisotopic (exact) mass is 338 g/mol. The van der Waals surface area contributed by atoms with Crippen LogP contribution in [-0.4, -0.2) is 37.6 Å². The van der Waals surface area contributed by atoms with Crippen molar-refractivity contribution in [2.24, 2.45) is 0 Å². The molecule has 1 unspecified atom stereocenters. The topological polar surface area (TPSA) is 41.6 Å². The lowest BCUT2D eigenvalue weighted by molar-refractivity contribution is -0.133. The number of ether oxygens (including phenoxy) is 1. The molecule has 1 N–H and O–H groups in total. The maximum absolute atomic E-state index is 13.1. The van der Waals surface area contributed by atoms with Crippen LogP contribution in [0.1, 0.15) is 28.3 Å². The van der Waals surface area contributed by atoms with Gasteiger partial charge in [-0.3, -0.25) is 4.79 Å². The van der Waals surface area contributed by atoms with Gasteiger partial charge in [0.1, 0.15) is 5.75 Å². The smallest absolute Gasteiger partial charge is 0.227 e. The highest BCUT2D eigenvalue weighted by molar-refractivity contribution is 5.80. The Kier molecular flexibility index (Phi) is 5.39. The molecular formula is C21H26N2O2. The first-order valence-corrected chi connectivity index (χ1v) is 8.79. The van der Waals surface area contributed by atoms with Crippen molar-refractivity contribution in [3.8, 4) is 5.75 Å². The van der Waals surface area contributed by atoms with Crippen molar-refractivity contribution in [3.05, 3.63) is 64.7 Å². The zero-order valence-corrected chi connectivity index (χ0v) is 15.2. The number of hydrogen-bond acceptors (Lipinski definition) is 3. The van der Waals surface area contributed by atoms with Gasteiger partial charge in [-0.1, -0.05) is 42.0 Å². The van der Waals surface area contributed by atoms with Gasteiger partial charge in [0.2, 0.25) is 5.91 Å². The second-order valence-electron chi connectivity index (χ2n) is 6.66. The molecule has 1 atom stereocenters. The molecule has 4 nitrogen and oxygen atoms in total. The molecule has 1 saturated heterocycles. The minimum Gasteiger partial charge on any atom is -0.496 e. The van der Waals surface area contributed by atoms with Gasteiger partial charge in [0, 0.05) is 25.2 Å². The molecule has 1 aliphatic rings. The molecule has 3 rings (SSSR count). The van der Waals surface area contributed by atoms with Gasteiger partial charge >= 0.3 is 0 Å². The van der Waals surface area contributed by atoms with Gasteiger partial charge in [-0.05, 0) is 31.0 Å². The van der Waals surface area contributed by atoms with E-state index in [0.29, 0.717) is 13.0 Å². The van der Waals surface area contributed by atoms with Crippen LogP contribution in [0.3, 0.4) is 0 Å². The largest absolute Gasteiger partial charge is 0.496 e. The van der Waals surface area contributed by atoms with Crippen LogP contribution in [0.5, 0.6) is 5.75 Å². The van der Waals surface area contributed by atoms with Crippen molar-refractivity contribution >= 4 is 5.91 Å². The van der Waals surface area contributed by atoms with Crippen molar-refractivity contribution in [2.45, 2.75) is 26.3 Å². The fourth-order valence-corrected chi connectivity index (χ4v) is 3.48. The molecule has 1 amide bonds. The lowest BCUT2D eigenvalue weighted by Gasteiger charge is -2.37. The predicted octanol–water partition coefficient (Wildman–Crippen LogP) is 3.03. The summed E-state index contributed by atoms with van der Waals surface area (Å²) >= 11 is 0. The minimum atomic E-state index is 0.00233. The molecule has 25 heavy (non-hydrogen) atoms. The number of amides is 1. The van der Waals surface area contributed by atoms with E-state index < -0.39 is 0 Å². The first kappa shape index (κ1) is 17.5. The van der Waals surface area contributed by atoms with Crippen LogP contribution in [0.4, 0.5) is 0 Å². The highest BCUT2D eigenvalue weighted by Gasteiger charge is 2.29. The summed E-state index contributed by atoms with van der Waals surface area (Å²) in [6, 6.07) is 14.3. The Morgan fingerprint density at radius 3 is 2.84 bits per heavy atom. The summed E-state index contributed by atoms with van der Waals surface area (Å²) in [6.45, 7) is 6.42. The van der Waals surface area contributed by atoms with Crippen LogP contribution in [0.15, 0.2) is 42.5 Å². The number of carbonyl (C=O) groups excluding carboxylic acids is 1. The van der Waals surface area contributed by atoms with Crippen molar-refractivity contribution in [1.29, 1.82) is 0 Å². The van der Waals surface area contributed by atoms with Crippen LogP contribution in [0, 0.1) is 13.8 Å². The van der Waals surface area contributed by atoms with E-state index in [9.17, 15) is 4.79 Å². The highest BCUT2D eigenvalue weighted by Crippen LogP contribution is 2.30. The van der Waals surface area contributed by atoms with E-state index >= 15 is 0 Å². The molecule has 0 saturated carbocycles. The van der Waals surface area contributed by atoms with Crippen LogP contribution in [-0.2, 0) is 11.2 Å². The highest BCUT2D eigenvalue weighted by atomic mass is 16.5. The molecule has 0 aliphatic carbocycles. The van der Waals surface area contributed by atoms with Gasteiger partial charge < -0.3 is 15.0 Å². The van der Waals surface area contributed by atoms with E-state index in [1.165, 1.54) is 11.1 Å². The summed E-state index contributed by atoms with van der Waals surface area (Å²) < 4.78 is 5.51. The fourth-order valence-electron chi connectivity index (χ4n) is 3.48. The van der Waals surface area contributed by atoms with Crippen LogP contribution in [0.2, 0.25) is 0 Å². The van der Waals surface area contributed by atoms with E-state index in [4.69, 9.17) is 4.74 Å². The van der Waals surface area contributed by atoms with Gasteiger partial charge in [0.25, 0.3) is 0 Å². The summed E-state index contributed by atoms with van der Waals surface area (Å²) in [5.41, 5.74) is 4.53. The summed E-state index contributed by atoms with van der Waals surface area (Å²) in [5, 5.41) is 3.40. The number of benzene rings is 2. The third-order valence-corrected chi connectivity index (χ3v) is 4.91. The number of aryl methyl sites for hydroxylation is 2. The maximum atomic E-state index is 13.1. The summed E-state index contributed by atoms with van der Waals surface area (Å²) in [4.78, 5) is 15.1. The number of nitrogens with zero attached hydrogens (tertiary/aromatic N) is 1. The fraction of sp³-hybridized carbons (Fsp3) is 0.381. The standard InChI is InChI=1S/C21H26N2O2/c1-15-8-9-16(2)17(12-15)13-21(24)23-11-10-22-14-19(23)18-6-4-5-7-20(18)25-3/h4-9,12,19,22H,10-11,13-14H2,1-3H3. The summed E-state index contributed by atoms with van der Waals surface area (Å²) in [6.07, 6.45) is 0.444. The van der Waals surface area contributed by atoms with E-state index in [-0.39, 0.29) is 11.9 Å². The number of rotatable bonds is 4. The van der Waals surface area contributed by atoms with Crippen LogP contribution >= 0.6 is 0 Å². The summed E-state index contributed by atoms with van der Waals surface area (Å²) in [7, 11) is 1.68.